The van der Waals surface area contributed by atoms with Gasteiger partial charge in [0.05, 0.1) is 6.10 Å². The van der Waals surface area contributed by atoms with Crippen LogP contribution in [-0.2, 0) is 4.79 Å². The lowest BCUT2D eigenvalue weighted by Gasteiger charge is -2.38. The van der Waals surface area contributed by atoms with E-state index in [1.165, 1.54) is 0 Å². The third kappa shape index (κ3) is 3.68. The highest BCUT2D eigenvalue weighted by atomic mass is 79.9. The fraction of sp³-hybridized carbons (Fsp3) is 0.889. The summed E-state index contributed by atoms with van der Waals surface area (Å²) < 4.78 is -0.532. The van der Waals surface area contributed by atoms with Gasteiger partial charge >= 0.3 is 0 Å². The summed E-state index contributed by atoms with van der Waals surface area (Å²) in [6, 6.07) is 0. The van der Waals surface area contributed by atoms with E-state index in [1.54, 1.807) is 0 Å². The Labute approximate surface area is 96.3 Å². The second-order valence-corrected chi connectivity index (χ2v) is 7.70. The molecule has 13 heavy (non-hydrogen) atoms. The summed E-state index contributed by atoms with van der Waals surface area (Å²) in [7, 11) is 0. The zero-order chi connectivity index (χ0) is 10.7. The lowest BCUT2D eigenvalue weighted by Crippen LogP contribution is -2.42. The third-order valence-corrected chi connectivity index (χ3v) is 5.41. The number of alkyl halides is 2. The molecule has 2 nitrogen and oxygen atoms in total. The minimum Gasteiger partial charge on any atom is -0.391 e. The molecule has 0 spiro atoms. The van der Waals surface area contributed by atoms with E-state index < -0.39 is 9.34 Å². The first kappa shape index (κ1) is 13.6. The molecule has 0 aliphatic rings. The van der Waals surface area contributed by atoms with Crippen LogP contribution in [0, 0.1) is 5.41 Å². The molecular formula is C9H16Br2O2. The number of carbonyl (C=O) groups is 1. The highest BCUT2D eigenvalue weighted by Gasteiger charge is 2.42. The Hall–Kier alpha value is 0.590. The fourth-order valence-electron chi connectivity index (χ4n) is 0.907. The van der Waals surface area contributed by atoms with E-state index >= 15 is 0 Å². The Morgan fingerprint density at radius 1 is 1.38 bits per heavy atom. The van der Waals surface area contributed by atoms with Gasteiger partial charge in [-0.1, -0.05) is 52.6 Å². The summed E-state index contributed by atoms with van der Waals surface area (Å²) in [6.07, 6.45) is 1.10. The lowest BCUT2D eigenvalue weighted by molar-refractivity contribution is -0.108. The summed E-state index contributed by atoms with van der Waals surface area (Å²) in [5, 5.41) is 9.79. The van der Waals surface area contributed by atoms with Crippen LogP contribution in [0.15, 0.2) is 0 Å². The van der Waals surface area contributed by atoms with Gasteiger partial charge in [0.25, 0.3) is 0 Å². The molecular weight excluding hydrogens is 300 g/mol. The van der Waals surface area contributed by atoms with Crippen LogP contribution in [0.1, 0.15) is 33.6 Å². The zero-order valence-corrected chi connectivity index (χ0v) is 11.4. The molecule has 0 rings (SSSR count). The van der Waals surface area contributed by atoms with Crippen LogP contribution >= 0.6 is 31.9 Å². The van der Waals surface area contributed by atoms with Crippen LogP contribution in [-0.4, -0.2) is 20.7 Å². The normalized spacial score (nSPS) is 15.5. The fourth-order valence-corrected chi connectivity index (χ4v) is 1.36. The number of hydrogen-bond acceptors (Lipinski definition) is 2. The van der Waals surface area contributed by atoms with Crippen molar-refractivity contribution in [3.8, 4) is 0 Å². The molecule has 0 aliphatic carbocycles. The molecule has 0 bridgehead atoms. The van der Waals surface area contributed by atoms with Gasteiger partial charge in [-0.2, -0.15) is 0 Å². The number of aliphatic hydroxyl groups is 1. The van der Waals surface area contributed by atoms with E-state index in [1.807, 2.05) is 20.8 Å². The smallest absolute Gasteiger partial charge is 0.120 e. The molecule has 0 heterocycles. The van der Waals surface area contributed by atoms with E-state index in [0.717, 1.165) is 6.29 Å². The van der Waals surface area contributed by atoms with Crippen molar-refractivity contribution in [2.24, 2.45) is 5.41 Å². The van der Waals surface area contributed by atoms with Crippen LogP contribution in [0.25, 0.3) is 0 Å². The molecule has 0 amide bonds. The second kappa shape index (κ2) is 4.89. The van der Waals surface area contributed by atoms with E-state index in [2.05, 4.69) is 31.9 Å². The topological polar surface area (TPSA) is 37.3 Å². The molecule has 0 aromatic heterocycles. The van der Waals surface area contributed by atoms with Gasteiger partial charge in [0.2, 0.25) is 0 Å². The molecule has 0 aromatic rings. The first-order valence-electron chi connectivity index (χ1n) is 4.23. The first-order chi connectivity index (χ1) is 5.73. The maximum atomic E-state index is 10.1. The Kier molecular flexibility index (Phi) is 5.12. The number of hydrogen-bond donors (Lipinski definition) is 1. The monoisotopic (exact) mass is 314 g/mol. The minimum absolute atomic E-state index is 0.116. The molecule has 0 saturated carbocycles. The Morgan fingerprint density at radius 3 is 2.15 bits per heavy atom. The maximum absolute atomic E-state index is 10.1. The first-order valence-corrected chi connectivity index (χ1v) is 5.81. The molecule has 0 aromatic carbocycles. The summed E-state index contributed by atoms with van der Waals surface area (Å²) in [5.41, 5.74) is -0.116. The quantitative estimate of drug-likeness (QED) is 0.640. The molecule has 1 atom stereocenters. The second-order valence-electron chi connectivity index (χ2n) is 4.13. The lowest BCUT2D eigenvalue weighted by atomic mass is 9.87. The van der Waals surface area contributed by atoms with Gasteiger partial charge in [0, 0.05) is 6.42 Å². The predicted octanol–water partition coefficient (Wildman–Crippen LogP) is 2.86. The Bertz CT molecular complexity index is 173. The summed E-state index contributed by atoms with van der Waals surface area (Å²) in [4.78, 5) is 10.1. The highest BCUT2D eigenvalue weighted by molar-refractivity contribution is 9.25. The number of halogens is 2. The number of rotatable bonds is 4. The SMILES string of the molecule is CC(C)(C)C(Br)(Br)C(O)CCC=O. The average molecular weight is 316 g/mol. The van der Waals surface area contributed by atoms with Crippen molar-refractivity contribution in [1.29, 1.82) is 0 Å². The van der Waals surface area contributed by atoms with Crippen LogP contribution in [0.4, 0.5) is 0 Å². The molecule has 0 fully saturated rings. The number of aliphatic hydroxyl groups excluding tert-OH is 1. The Balaban J connectivity index is 4.35. The molecule has 78 valence electrons. The molecule has 1 N–H and O–H groups in total. The van der Waals surface area contributed by atoms with Gasteiger partial charge in [-0.25, -0.2) is 0 Å². The van der Waals surface area contributed by atoms with Gasteiger partial charge in [-0.05, 0) is 11.8 Å². The van der Waals surface area contributed by atoms with Gasteiger partial charge in [0.15, 0.2) is 0 Å². The minimum atomic E-state index is -0.572. The van der Waals surface area contributed by atoms with Crippen LogP contribution in [0.5, 0.6) is 0 Å². The van der Waals surface area contributed by atoms with E-state index in [0.29, 0.717) is 12.8 Å². The van der Waals surface area contributed by atoms with Crippen LogP contribution < -0.4 is 0 Å². The zero-order valence-electron chi connectivity index (χ0n) is 8.18. The standard InChI is InChI=1S/C9H16Br2O2/c1-8(2,3)9(10,11)7(13)5-4-6-12/h6-7,13H,4-5H2,1-3H3. The van der Waals surface area contributed by atoms with Crippen molar-refractivity contribution in [1.82, 2.24) is 0 Å². The van der Waals surface area contributed by atoms with E-state index in [-0.39, 0.29) is 5.41 Å². The van der Waals surface area contributed by atoms with Crippen molar-refractivity contribution in [2.45, 2.75) is 43.0 Å². The summed E-state index contributed by atoms with van der Waals surface area (Å²) in [6.45, 7) is 6.04. The average Bonchev–Trinajstić information content (AvgIpc) is 1.97. The highest BCUT2D eigenvalue weighted by Crippen LogP contribution is 2.47. The molecule has 1 unspecified atom stereocenters. The number of carbonyl (C=O) groups excluding carboxylic acids is 1. The molecule has 4 heteroatoms. The van der Waals surface area contributed by atoms with Crippen molar-refractivity contribution in [3.05, 3.63) is 0 Å². The molecule has 0 aliphatic heterocycles. The van der Waals surface area contributed by atoms with E-state index in [9.17, 15) is 9.90 Å². The predicted molar refractivity (Wildman–Crippen MR) is 61.3 cm³/mol. The van der Waals surface area contributed by atoms with Gasteiger partial charge < -0.3 is 9.90 Å². The van der Waals surface area contributed by atoms with Crippen molar-refractivity contribution in [3.63, 3.8) is 0 Å². The van der Waals surface area contributed by atoms with Crippen molar-refractivity contribution >= 4 is 38.1 Å². The van der Waals surface area contributed by atoms with Gasteiger partial charge in [-0.3, -0.25) is 0 Å². The Morgan fingerprint density at radius 2 is 1.85 bits per heavy atom. The summed E-state index contributed by atoms with van der Waals surface area (Å²) >= 11 is 6.90. The third-order valence-electron chi connectivity index (χ3n) is 1.98. The van der Waals surface area contributed by atoms with E-state index in [4.69, 9.17) is 0 Å². The van der Waals surface area contributed by atoms with Crippen LogP contribution in [0.3, 0.4) is 0 Å². The van der Waals surface area contributed by atoms with Gasteiger partial charge in [-0.15, -0.1) is 0 Å². The van der Waals surface area contributed by atoms with Gasteiger partial charge in [0.1, 0.15) is 9.52 Å². The van der Waals surface area contributed by atoms with Crippen molar-refractivity contribution in [2.75, 3.05) is 0 Å². The van der Waals surface area contributed by atoms with Crippen molar-refractivity contribution < 1.29 is 9.90 Å². The molecule has 0 saturated heterocycles. The summed E-state index contributed by atoms with van der Waals surface area (Å²) in [5.74, 6) is 0. The molecule has 0 radical (unpaired) electrons. The largest absolute Gasteiger partial charge is 0.391 e. The number of aldehydes is 1. The maximum Gasteiger partial charge on any atom is 0.120 e. The van der Waals surface area contributed by atoms with Crippen LogP contribution in [0.2, 0.25) is 0 Å².